The predicted octanol–water partition coefficient (Wildman–Crippen LogP) is 1.51. The molecule has 0 heterocycles. The highest BCUT2D eigenvalue weighted by Gasteiger charge is 2.07. The topological polar surface area (TPSA) is 47.6 Å². The summed E-state index contributed by atoms with van der Waals surface area (Å²) in [5.74, 6) is -0.364. The van der Waals surface area contributed by atoms with E-state index in [1.54, 1.807) is 6.92 Å². The zero-order valence-electron chi connectivity index (χ0n) is 10.8. The van der Waals surface area contributed by atoms with Gasteiger partial charge in [0.1, 0.15) is 6.61 Å². The zero-order chi connectivity index (χ0) is 12.6. The number of carbonyl (C=O) groups is 1. The molecule has 0 rings (SSSR count). The fourth-order valence-electron chi connectivity index (χ4n) is 0.917. The van der Waals surface area contributed by atoms with Crippen molar-refractivity contribution in [3.8, 4) is 0 Å². The van der Waals surface area contributed by atoms with E-state index in [0.29, 0.717) is 18.8 Å². The molecule has 0 amide bonds. The Balaban J connectivity index is 3.29. The highest BCUT2D eigenvalue weighted by atomic mass is 16.6. The largest absolute Gasteiger partial charge is 0.460 e. The summed E-state index contributed by atoms with van der Waals surface area (Å²) in [6, 6.07) is 0. The van der Waals surface area contributed by atoms with Crippen molar-refractivity contribution in [1.82, 2.24) is 5.32 Å². The quantitative estimate of drug-likeness (QED) is 0.408. The van der Waals surface area contributed by atoms with E-state index in [9.17, 15) is 4.79 Å². The fraction of sp³-hybridized carbons (Fsp3) is 0.750. The molecule has 0 saturated carbocycles. The van der Waals surface area contributed by atoms with Gasteiger partial charge in [0.15, 0.2) is 0 Å². The molecule has 0 unspecified atom stereocenters. The highest BCUT2D eigenvalue weighted by Crippen LogP contribution is 1.96. The fourth-order valence-corrected chi connectivity index (χ4v) is 0.917. The van der Waals surface area contributed by atoms with Crippen LogP contribution in [-0.4, -0.2) is 37.9 Å². The maximum Gasteiger partial charge on any atom is 0.333 e. The molecule has 0 bridgehead atoms. The summed E-state index contributed by atoms with van der Waals surface area (Å²) in [5, 5.41) is 3.29. The normalized spacial score (nSPS) is 11.2. The Bertz CT molecular complexity index is 231. The van der Waals surface area contributed by atoms with Crippen LogP contribution in [0.3, 0.4) is 0 Å². The van der Waals surface area contributed by atoms with Crippen molar-refractivity contribution in [3.05, 3.63) is 12.2 Å². The van der Waals surface area contributed by atoms with Gasteiger partial charge in [0.25, 0.3) is 0 Å². The number of hydrogen-bond acceptors (Lipinski definition) is 4. The molecule has 0 aromatic rings. The van der Waals surface area contributed by atoms with Crippen molar-refractivity contribution < 1.29 is 14.3 Å². The van der Waals surface area contributed by atoms with E-state index >= 15 is 0 Å². The molecule has 94 valence electrons. The molecule has 0 saturated heterocycles. The van der Waals surface area contributed by atoms with Gasteiger partial charge in [0.05, 0.1) is 13.2 Å². The van der Waals surface area contributed by atoms with Crippen molar-refractivity contribution in [2.24, 2.45) is 0 Å². The molecule has 1 N–H and O–H groups in total. The monoisotopic (exact) mass is 229 g/mol. The Morgan fingerprint density at radius 3 is 2.38 bits per heavy atom. The van der Waals surface area contributed by atoms with Crippen molar-refractivity contribution in [1.29, 1.82) is 0 Å². The van der Waals surface area contributed by atoms with Gasteiger partial charge in [0.2, 0.25) is 0 Å². The SMILES string of the molecule is C=C(C)C(=O)OCCOCCNC(C)(C)C. The third-order valence-electron chi connectivity index (χ3n) is 1.71. The second-order valence-electron chi connectivity index (χ2n) is 4.71. The second-order valence-corrected chi connectivity index (χ2v) is 4.71. The molecule has 0 aromatic heterocycles. The Morgan fingerprint density at radius 2 is 1.88 bits per heavy atom. The zero-order valence-corrected chi connectivity index (χ0v) is 10.8. The summed E-state index contributed by atoms with van der Waals surface area (Å²) in [6.45, 7) is 13.5. The first-order valence-electron chi connectivity index (χ1n) is 5.48. The number of rotatable bonds is 7. The lowest BCUT2D eigenvalue weighted by molar-refractivity contribution is -0.140. The van der Waals surface area contributed by atoms with Gasteiger partial charge in [-0.15, -0.1) is 0 Å². The van der Waals surface area contributed by atoms with Crippen LogP contribution in [0.1, 0.15) is 27.7 Å². The molecule has 0 radical (unpaired) electrons. The first-order valence-corrected chi connectivity index (χ1v) is 5.48. The van der Waals surface area contributed by atoms with Gasteiger partial charge in [-0.2, -0.15) is 0 Å². The molecule has 0 aromatic carbocycles. The third-order valence-corrected chi connectivity index (χ3v) is 1.71. The molecule has 0 aliphatic heterocycles. The van der Waals surface area contributed by atoms with Gasteiger partial charge in [0, 0.05) is 17.7 Å². The minimum atomic E-state index is -0.364. The Kier molecular flexibility index (Phi) is 7.01. The van der Waals surface area contributed by atoms with Crippen molar-refractivity contribution in [2.45, 2.75) is 33.2 Å². The molecule has 0 spiro atoms. The number of nitrogens with one attached hydrogen (secondary N) is 1. The molecule has 0 fully saturated rings. The summed E-state index contributed by atoms with van der Waals surface area (Å²) < 4.78 is 10.2. The molecule has 0 aliphatic carbocycles. The van der Waals surface area contributed by atoms with E-state index in [1.807, 2.05) is 0 Å². The standard InChI is InChI=1S/C12H23NO3/c1-10(2)11(14)16-9-8-15-7-6-13-12(3,4)5/h13H,1,6-9H2,2-5H3. The molecular formula is C12H23NO3. The third kappa shape index (κ3) is 9.68. The molecular weight excluding hydrogens is 206 g/mol. The van der Waals surface area contributed by atoms with Crippen LogP contribution in [0.15, 0.2) is 12.2 Å². The number of hydrogen-bond donors (Lipinski definition) is 1. The summed E-state index contributed by atoms with van der Waals surface area (Å²) in [5.41, 5.74) is 0.518. The summed E-state index contributed by atoms with van der Waals surface area (Å²) in [6.07, 6.45) is 0. The summed E-state index contributed by atoms with van der Waals surface area (Å²) in [7, 11) is 0. The minimum Gasteiger partial charge on any atom is -0.460 e. The van der Waals surface area contributed by atoms with E-state index in [4.69, 9.17) is 9.47 Å². The smallest absolute Gasteiger partial charge is 0.333 e. The van der Waals surface area contributed by atoms with Gasteiger partial charge >= 0.3 is 5.97 Å². The first-order chi connectivity index (χ1) is 7.33. The lowest BCUT2D eigenvalue weighted by Gasteiger charge is -2.20. The van der Waals surface area contributed by atoms with Crippen LogP contribution < -0.4 is 5.32 Å². The van der Waals surface area contributed by atoms with Crippen LogP contribution in [0, 0.1) is 0 Å². The van der Waals surface area contributed by atoms with E-state index in [2.05, 4.69) is 32.7 Å². The molecule has 4 heteroatoms. The maximum atomic E-state index is 11.0. The summed E-state index contributed by atoms with van der Waals surface area (Å²) >= 11 is 0. The minimum absolute atomic E-state index is 0.107. The Morgan fingerprint density at radius 1 is 1.25 bits per heavy atom. The summed E-state index contributed by atoms with van der Waals surface area (Å²) in [4.78, 5) is 11.0. The van der Waals surface area contributed by atoms with E-state index in [0.717, 1.165) is 6.54 Å². The maximum absolute atomic E-state index is 11.0. The Hall–Kier alpha value is -0.870. The molecule has 4 nitrogen and oxygen atoms in total. The van der Waals surface area contributed by atoms with E-state index in [1.165, 1.54) is 0 Å². The number of esters is 1. The average molecular weight is 229 g/mol. The van der Waals surface area contributed by atoms with Crippen LogP contribution >= 0.6 is 0 Å². The van der Waals surface area contributed by atoms with Crippen LogP contribution in [0.4, 0.5) is 0 Å². The first kappa shape index (κ1) is 15.1. The van der Waals surface area contributed by atoms with Gasteiger partial charge < -0.3 is 14.8 Å². The second kappa shape index (κ2) is 7.41. The van der Waals surface area contributed by atoms with Crippen molar-refractivity contribution in [2.75, 3.05) is 26.4 Å². The van der Waals surface area contributed by atoms with Gasteiger partial charge in [-0.1, -0.05) is 6.58 Å². The van der Waals surface area contributed by atoms with Crippen LogP contribution in [-0.2, 0) is 14.3 Å². The van der Waals surface area contributed by atoms with Gasteiger partial charge in [-0.3, -0.25) is 0 Å². The van der Waals surface area contributed by atoms with Crippen LogP contribution in [0.5, 0.6) is 0 Å². The number of carbonyl (C=O) groups excluding carboxylic acids is 1. The lowest BCUT2D eigenvalue weighted by Crippen LogP contribution is -2.38. The van der Waals surface area contributed by atoms with Crippen molar-refractivity contribution >= 4 is 5.97 Å². The highest BCUT2D eigenvalue weighted by molar-refractivity contribution is 5.86. The van der Waals surface area contributed by atoms with Crippen LogP contribution in [0.25, 0.3) is 0 Å². The Labute approximate surface area is 98.0 Å². The van der Waals surface area contributed by atoms with Crippen LogP contribution in [0.2, 0.25) is 0 Å². The average Bonchev–Trinajstić information content (AvgIpc) is 2.14. The van der Waals surface area contributed by atoms with E-state index < -0.39 is 0 Å². The van der Waals surface area contributed by atoms with Crippen molar-refractivity contribution in [3.63, 3.8) is 0 Å². The van der Waals surface area contributed by atoms with Gasteiger partial charge in [-0.25, -0.2) is 4.79 Å². The molecule has 16 heavy (non-hydrogen) atoms. The molecule has 0 aliphatic rings. The predicted molar refractivity (Wildman–Crippen MR) is 64.3 cm³/mol. The lowest BCUT2D eigenvalue weighted by atomic mass is 10.1. The van der Waals surface area contributed by atoms with E-state index in [-0.39, 0.29) is 18.1 Å². The molecule has 0 atom stereocenters. The number of ether oxygens (including phenoxy) is 2. The van der Waals surface area contributed by atoms with Gasteiger partial charge in [-0.05, 0) is 27.7 Å².